The van der Waals surface area contributed by atoms with Gasteiger partial charge in [0, 0.05) is 18.7 Å². The molecule has 1 aromatic heterocycles. The first-order chi connectivity index (χ1) is 19.3. The van der Waals surface area contributed by atoms with Crippen molar-refractivity contribution in [1.29, 1.82) is 0 Å². The van der Waals surface area contributed by atoms with E-state index in [0.717, 1.165) is 26.9 Å². The van der Waals surface area contributed by atoms with Crippen LogP contribution in [0.3, 0.4) is 0 Å². The van der Waals surface area contributed by atoms with Crippen LogP contribution in [0.15, 0.2) is 113 Å². The highest BCUT2D eigenvalue weighted by molar-refractivity contribution is 7.89. The van der Waals surface area contributed by atoms with Gasteiger partial charge in [-0.1, -0.05) is 85.0 Å². The Labute approximate surface area is 238 Å². The van der Waals surface area contributed by atoms with Gasteiger partial charge in [0.2, 0.25) is 15.2 Å². The van der Waals surface area contributed by atoms with E-state index >= 15 is 0 Å². The average molecular weight is 569 g/mol. The maximum absolute atomic E-state index is 13.7. The molecule has 0 aliphatic carbocycles. The van der Waals surface area contributed by atoms with E-state index in [0.29, 0.717) is 17.2 Å². The summed E-state index contributed by atoms with van der Waals surface area (Å²) in [6, 6.07) is 30.8. The van der Waals surface area contributed by atoms with Gasteiger partial charge in [-0.15, -0.1) is 0 Å². The van der Waals surface area contributed by atoms with Crippen LogP contribution in [-0.2, 0) is 16.6 Å². The van der Waals surface area contributed by atoms with Gasteiger partial charge in [-0.25, -0.2) is 13.4 Å². The van der Waals surface area contributed by atoms with Crippen LogP contribution in [-0.4, -0.2) is 36.4 Å². The lowest BCUT2D eigenvalue weighted by atomic mass is 10.2. The van der Waals surface area contributed by atoms with Crippen molar-refractivity contribution in [2.75, 3.05) is 11.6 Å². The molecule has 0 spiro atoms. The van der Waals surface area contributed by atoms with E-state index < -0.39 is 15.9 Å². The fraction of sp³-hybridized carbons (Fsp3) is 0.129. The second-order valence-electron chi connectivity index (χ2n) is 9.18. The molecular weight excluding hydrogens is 541 g/mol. The fourth-order valence-electron chi connectivity index (χ4n) is 4.16. The zero-order valence-corrected chi connectivity index (χ0v) is 23.8. The number of carbonyl (C=O) groups is 1. The Hall–Kier alpha value is -4.18. The minimum absolute atomic E-state index is 0.122. The number of sulfonamides is 1. The third-order valence-electron chi connectivity index (χ3n) is 6.32. The van der Waals surface area contributed by atoms with Crippen LogP contribution >= 0.6 is 11.3 Å². The van der Waals surface area contributed by atoms with Gasteiger partial charge in [-0.2, -0.15) is 14.4 Å². The monoisotopic (exact) mass is 568 g/mol. The number of amides is 1. The number of carbonyl (C=O) groups excluding carboxylic acids is 1. The highest BCUT2D eigenvalue weighted by Gasteiger charge is 2.25. The van der Waals surface area contributed by atoms with Gasteiger partial charge in [-0.3, -0.25) is 4.79 Å². The summed E-state index contributed by atoms with van der Waals surface area (Å²) in [7, 11) is -3.76. The van der Waals surface area contributed by atoms with Gasteiger partial charge in [0.25, 0.3) is 5.91 Å². The molecule has 9 heteroatoms. The van der Waals surface area contributed by atoms with Crippen LogP contribution in [0.2, 0.25) is 0 Å². The second kappa shape index (κ2) is 11.9. The predicted molar refractivity (Wildman–Crippen MR) is 161 cm³/mol. The molecular formula is C31H28N4O3S2. The Balaban J connectivity index is 1.45. The quantitative estimate of drug-likeness (QED) is 0.150. The van der Waals surface area contributed by atoms with Crippen molar-refractivity contribution in [3.8, 4) is 0 Å². The van der Waals surface area contributed by atoms with Crippen LogP contribution in [0.1, 0.15) is 34.0 Å². The van der Waals surface area contributed by atoms with Gasteiger partial charge in [0.05, 0.1) is 21.3 Å². The molecule has 0 aliphatic heterocycles. The van der Waals surface area contributed by atoms with Crippen molar-refractivity contribution < 1.29 is 13.2 Å². The number of thiazole rings is 1. The Morgan fingerprint density at radius 3 is 2.27 bits per heavy atom. The summed E-state index contributed by atoms with van der Waals surface area (Å²) in [5, 5.41) is 6.19. The molecule has 0 aliphatic rings. The van der Waals surface area contributed by atoms with Crippen molar-refractivity contribution in [3.63, 3.8) is 0 Å². The molecule has 0 unspecified atom stereocenters. The van der Waals surface area contributed by atoms with Crippen LogP contribution in [0, 0.1) is 6.92 Å². The van der Waals surface area contributed by atoms with Crippen LogP contribution < -0.4 is 5.01 Å². The zero-order valence-electron chi connectivity index (χ0n) is 22.1. The number of hydrazone groups is 1. The molecule has 0 saturated heterocycles. The van der Waals surface area contributed by atoms with E-state index in [1.807, 2.05) is 85.8 Å². The van der Waals surface area contributed by atoms with Crippen molar-refractivity contribution in [2.24, 2.45) is 5.10 Å². The highest BCUT2D eigenvalue weighted by atomic mass is 32.2. The number of hydrogen-bond donors (Lipinski definition) is 0. The minimum Gasteiger partial charge on any atom is -0.267 e. The van der Waals surface area contributed by atoms with Gasteiger partial charge in [0.1, 0.15) is 0 Å². The maximum atomic E-state index is 13.7. The molecule has 0 N–H and O–H groups in total. The molecule has 0 bridgehead atoms. The summed E-state index contributed by atoms with van der Waals surface area (Å²) in [6.45, 7) is 4.39. The lowest BCUT2D eigenvalue weighted by Gasteiger charge is -2.21. The lowest BCUT2D eigenvalue weighted by Crippen LogP contribution is -2.30. The smallest absolute Gasteiger partial charge is 0.267 e. The average Bonchev–Trinajstić information content (AvgIpc) is 3.39. The van der Waals surface area contributed by atoms with Crippen molar-refractivity contribution in [3.05, 3.63) is 125 Å². The predicted octanol–water partition coefficient (Wildman–Crippen LogP) is 6.50. The second-order valence-corrected chi connectivity index (χ2v) is 12.1. The number of nitrogens with zero attached hydrogens (tertiary/aromatic N) is 4. The van der Waals surface area contributed by atoms with Crippen molar-refractivity contribution >= 4 is 48.8 Å². The molecule has 40 heavy (non-hydrogen) atoms. The van der Waals surface area contributed by atoms with Gasteiger partial charge < -0.3 is 0 Å². The number of hydrogen-bond acceptors (Lipinski definition) is 6. The van der Waals surface area contributed by atoms with Crippen LogP contribution in [0.5, 0.6) is 0 Å². The number of benzene rings is 4. The summed E-state index contributed by atoms with van der Waals surface area (Å²) in [4.78, 5) is 18.5. The van der Waals surface area contributed by atoms with E-state index in [-0.39, 0.29) is 11.4 Å². The number of rotatable bonds is 9. The minimum atomic E-state index is -3.76. The maximum Gasteiger partial charge on any atom is 0.280 e. The molecule has 202 valence electrons. The summed E-state index contributed by atoms with van der Waals surface area (Å²) < 4.78 is 29.1. The first kappa shape index (κ1) is 27.4. The van der Waals surface area contributed by atoms with Crippen molar-refractivity contribution in [1.82, 2.24) is 9.29 Å². The fourth-order valence-corrected chi connectivity index (χ4v) is 6.61. The Morgan fingerprint density at radius 2 is 1.60 bits per heavy atom. The summed E-state index contributed by atoms with van der Waals surface area (Å²) in [5.74, 6) is -0.413. The molecule has 7 nitrogen and oxygen atoms in total. The molecule has 1 amide bonds. The Bertz CT molecular complexity index is 1750. The largest absolute Gasteiger partial charge is 0.280 e. The van der Waals surface area contributed by atoms with E-state index in [9.17, 15) is 13.2 Å². The van der Waals surface area contributed by atoms with Crippen LogP contribution in [0.4, 0.5) is 5.13 Å². The number of anilines is 1. The van der Waals surface area contributed by atoms with Gasteiger partial charge >= 0.3 is 0 Å². The number of aryl methyl sites for hydroxylation is 1. The van der Waals surface area contributed by atoms with Gasteiger partial charge in [-0.05, 0) is 60.0 Å². The zero-order chi connectivity index (χ0) is 28.1. The Kier molecular flexibility index (Phi) is 8.16. The summed E-state index contributed by atoms with van der Waals surface area (Å²) >= 11 is 1.37. The third-order valence-corrected chi connectivity index (χ3v) is 9.25. The molecule has 0 saturated carbocycles. The summed E-state index contributed by atoms with van der Waals surface area (Å²) in [6.07, 6.45) is 1.61. The Morgan fingerprint density at radius 1 is 0.925 bits per heavy atom. The lowest BCUT2D eigenvalue weighted by molar-refractivity contribution is 0.0987. The number of aromatic nitrogens is 1. The van der Waals surface area contributed by atoms with Crippen LogP contribution in [0.25, 0.3) is 10.2 Å². The van der Waals surface area contributed by atoms with Gasteiger partial charge in [0.15, 0.2) is 0 Å². The molecule has 0 fully saturated rings. The van der Waals surface area contributed by atoms with E-state index in [2.05, 4.69) is 10.1 Å². The SMILES string of the molecule is CCN(Cc1ccccc1)S(=O)(=O)c1ccc(C(=O)N(/N=C/c2ccccc2)c2nc3ccc(C)cc3s2)cc1. The first-order valence-corrected chi connectivity index (χ1v) is 15.1. The van der Waals surface area contributed by atoms with E-state index in [1.54, 1.807) is 13.1 Å². The molecule has 4 aromatic carbocycles. The van der Waals surface area contributed by atoms with Crippen molar-refractivity contribution in [2.45, 2.75) is 25.3 Å². The number of fused-ring (bicyclic) bond motifs is 1. The first-order valence-electron chi connectivity index (χ1n) is 12.8. The molecule has 5 rings (SSSR count). The molecule has 1 heterocycles. The topological polar surface area (TPSA) is 82.9 Å². The molecule has 0 radical (unpaired) electrons. The summed E-state index contributed by atoms with van der Waals surface area (Å²) in [5.41, 5.74) is 3.90. The van der Waals surface area contributed by atoms with E-state index in [4.69, 9.17) is 0 Å². The molecule has 0 atom stereocenters. The standard InChI is InChI=1S/C31H28N4O3S2/c1-3-34(22-25-12-8-5-9-13-25)40(37,38)27-17-15-26(16-18-27)30(36)35(32-21-24-10-6-4-7-11-24)31-33-28-19-14-23(2)20-29(28)39-31/h4-21H,3,22H2,1-2H3/b32-21+. The third kappa shape index (κ3) is 6.02. The normalized spacial score (nSPS) is 11.9. The molecule has 5 aromatic rings. The highest BCUT2D eigenvalue weighted by Crippen LogP contribution is 2.31. The van der Waals surface area contributed by atoms with E-state index in [1.165, 1.54) is 44.9 Å².